The van der Waals surface area contributed by atoms with E-state index in [4.69, 9.17) is 31.8 Å². The van der Waals surface area contributed by atoms with Crippen molar-refractivity contribution in [2.24, 2.45) is 0 Å². The monoisotopic (exact) mass is 310 g/mol. The summed E-state index contributed by atoms with van der Waals surface area (Å²) in [4.78, 5) is 0. The first kappa shape index (κ1) is 13.8. The maximum Gasteiger partial charge on any atom is 0.236 e. The molecule has 0 radical (unpaired) electrons. The highest BCUT2D eigenvalue weighted by molar-refractivity contribution is 8.13. The fraction of sp³-hybridized carbons (Fsp3) is 0.455. The van der Waals surface area contributed by atoms with E-state index in [9.17, 15) is 8.42 Å². The van der Waals surface area contributed by atoms with Gasteiger partial charge in [0.1, 0.15) is 0 Å². The molecule has 1 aliphatic rings. The minimum Gasteiger partial charge on any atom is -0.454 e. The predicted molar refractivity (Wildman–Crippen MR) is 70.1 cm³/mol. The Labute approximate surface area is 115 Å². The van der Waals surface area contributed by atoms with Gasteiger partial charge < -0.3 is 9.47 Å². The molecule has 0 fully saturated rings. The lowest BCUT2D eigenvalue weighted by molar-refractivity contribution is 0.173. The summed E-state index contributed by atoms with van der Waals surface area (Å²) in [7, 11) is 1.63. The van der Waals surface area contributed by atoms with Gasteiger partial charge in [-0.05, 0) is 11.5 Å². The molecule has 4 nitrogen and oxygen atoms in total. The van der Waals surface area contributed by atoms with Crippen molar-refractivity contribution >= 4 is 31.3 Å². The van der Waals surface area contributed by atoms with Crippen molar-refractivity contribution in [1.82, 2.24) is 0 Å². The number of hydrogen-bond donors (Lipinski definition) is 0. The van der Waals surface area contributed by atoms with Crippen LogP contribution in [0, 0.1) is 0 Å². The van der Waals surface area contributed by atoms with E-state index in [1.807, 2.05) is 13.8 Å². The summed E-state index contributed by atoms with van der Waals surface area (Å²) in [5.74, 6) is 0.828. The smallest absolute Gasteiger partial charge is 0.236 e. The van der Waals surface area contributed by atoms with E-state index in [1.54, 1.807) is 6.07 Å². The zero-order chi connectivity index (χ0) is 13.5. The molecule has 18 heavy (non-hydrogen) atoms. The lowest BCUT2D eigenvalue weighted by Crippen LogP contribution is -2.04. The van der Waals surface area contributed by atoms with Crippen LogP contribution in [0.2, 0.25) is 5.02 Å². The molecule has 0 N–H and O–H groups in total. The highest BCUT2D eigenvalue weighted by Gasteiger charge is 2.27. The van der Waals surface area contributed by atoms with Crippen LogP contribution in [0.4, 0.5) is 0 Å². The molecular weight excluding hydrogens is 299 g/mol. The second-order valence-electron chi connectivity index (χ2n) is 4.32. The Morgan fingerprint density at radius 3 is 2.61 bits per heavy atom. The maximum absolute atomic E-state index is 11.3. The zero-order valence-corrected chi connectivity index (χ0v) is 12.2. The van der Waals surface area contributed by atoms with Gasteiger partial charge >= 0.3 is 0 Å². The summed E-state index contributed by atoms with van der Waals surface area (Å²) in [5.41, 5.74) is 1.21. The van der Waals surface area contributed by atoms with Crippen LogP contribution in [0.15, 0.2) is 6.07 Å². The minimum atomic E-state index is -3.68. The average Bonchev–Trinajstić information content (AvgIpc) is 2.63. The predicted octanol–water partition coefficient (Wildman–Crippen LogP) is 3.26. The highest BCUT2D eigenvalue weighted by Crippen LogP contribution is 2.45. The first-order valence-electron chi connectivity index (χ1n) is 5.33. The third kappa shape index (κ3) is 2.68. The molecule has 2 rings (SSSR count). The molecule has 0 aliphatic carbocycles. The standard InChI is InChI=1S/C11H12Cl2O4S/c1-6(2)10-7(4-18(13,14)15)8(12)3-9-11(10)17-5-16-9/h3,6H,4-5H2,1-2H3. The van der Waals surface area contributed by atoms with Gasteiger partial charge in [0.25, 0.3) is 0 Å². The highest BCUT2D eigenvalue weighted by atomic mass is 35.7. The van der Waals surface area contributed by atoms with E-state index in [0.29, 0.717) is 22.1 Å². The van der Waals surface area contributed by atoms with Crippen LogP contribution in [-0.4, -0.2) is 15.2 Å². The Kier molecular flexibility index (Phi) is 3.67. The van der Waals surface area contributed by atoms with Crippen molar-refractivity contribution in [3.63, 3.8) is 0 Å². The zero-order valence-electron chi connectivity index (χ0n) is 9.87. The number of benzene rings is 1. The van der Waals surface area contributed by atoms with E-state index >= 15 is 0 Å². The summed E-state index contributed by atoms with van der Waals surface area (Å²) in [5, 5.41) is 0.326. The molecular formula is C11H12Cl2O4S. The molecule has 7 heteroatoms. The lowest BCUT2D eigenvalue weighted by atomic mass is 9.96. The quantitative estimate of drug-likeness (QED) is 0.804. The van der Waals surface area contributed by atoms with Crippen molar-refractivity contribution < 1.29 is 17.9 Å². The second-order valence-corrected chi connectivity index (χ2v) is 7.51. The molecule has 1 aromatic carbocycles. The summed E-state index contributed by atoms with van der Waals surface area (Å²) in [6.07, 6.45) is 0. The van der Waals surface area contributed by atoms with Crippen LogP contribution in [-0.2, 0) is 14.8 Å². The van der Waals surface area contributed by atoms with Crippen LogP contribution < -0.4 is 9.47 Å². The Bertz CT molecular complexity index is 581. The van der Waals surface area contributed by atoms with Crippen LogP contribution in [0.25, 0.3) is 0 Å². The maximum atomic E-state index is 11.3. The molecule has 1 aliphatic heterocycles. The van der Waals surface area contributed by atoms with Gasteiger partial charge in [0.2, 0.25) is 15.8 Å². The van der Waals surface area contributed by atoms with E-state index in [-0.39, 0.29) is 18.5 Å². The summed E-state index contributed by atoms with van der Waals surface area (Å²) in [6.45, 7) is 3.97. The van der Waals surface area contributed by atoms with Crippen LogP contribution >= 0.6 is 22.3 Å². The molecule has 1 heterocycles. The van der Waals surface area contributed by atoms with Gasteiger partial charge in [-0.3, -0.25) is 0 Å². The number of fused-ring (bicyclic) bond motifs is 1. The van der Waals surface area contributed by atoms with Gasteiger partial charge in [0, 0.05) is 27.3 Å². The molecule has 0 saturated heterocycles. The Morgan fingerprint density at radius 2 is 2.06 bits per heavy atom. The van der Waals surface area contributed by atoms with Crippen molar-refractivity contribution in [3.8, 4) is 11.5 Å². The van der Waals surface area contributed by atoms with Crippen molar-refractivity contribution in [2.75, 3.05) is 6.79 Å². The van der Waals surface area contributed by atoms with Crippen LogP contribution in [0.1, 0.15) is 30.9 Å². The number of ether oxygens (including phenoxy) is 2. The van der Waals surface area contributed by atoms with Gasteiger partial charge in [-0.25, -0.2) is 8.42 Å². The van der Waals surface area contributed by atoms with Crippen LogP contribution in [0.5, 0.6) is 11.5 Å². The fourth-order valence-electron chi connectivity index (χ4n) is 2.00. The van der Waals surface area contributed by atoms with Gasteiger partial charge in [-0.15, -0.1) is 0 Å². The van der Waals surface area contributed by atoms with E-state index in [1.165, 1.54) is 0 Å². The SMILES string of the molecule is CC(C)c1c(CS(=O)(=O)Cl)c(Cl)cc2c1OCO2. The van der Waals surface area contributed by atoms with Crippen molar-refractivity contribution in [2.45, 2.75) is 25.5 Å². The minimum absolute atomic E-state index is 0.0487. The van der Waals surface area contributed by atoms with E-state index < -0.39 is 9.05 Å². The molecule has 1 aromatic rings. The van der Waals surface area contributed by atoms with E-state index in [0.717, 1.165) is 5.56 Å². The molecule has 0 spiro atoms. The van der Waals surface area contributed by atoms with Gasteiger partial charge in [-0.2, -0.15) is 0 Å². The van der Waals surface area contributed by atoms with Gasteiger partial charge in [0.15, 0.2) is 11.5 Å². The summed E-state index contributed by atoms with van der Waals surface area (Å²) in [6, 6.07) is 1.56. The molecule has 0 amide bonds. The molecule has 0 unspecified atom stereocenters. The van der Waals surface area contributed by atoms with Gasteiger partial charge in [-0.1, -0.05) is 25.4 Å². The second kappa shape index (κ2) is 4.79. The molecule has 0 atom stereocenters. The average molecular weight is 311 g/mol. The Morgan fingerprint density at radius 1 is 1.39 bits per heavy atom. The molecule has 0 saturated carbocycles. The molecule has 0 aromatic heterocycles. The topological polar surface area (TPSA) is 52.6 Å². The molecule has 0 bridgehead atoms. The van der Waals surface area contributed by atoms with E-state index in [2.05, 4.69) is 0 Å². The van der Waals surface area contributed by atoms with Crippen LogP contribution in [0.3, 0.4) is 0 Å². The molecule has 100 valence electrons. The number of hydrogen-bond acceptors (Lipinski definition) is 4. The largest absolute Gasteiger partial charge is 0.454 e. The Balaban J connectivity index is 2.64. The lowest BCUT2D eigenvalue weighted by Gasteiger charge is -2.16. The number of rotatable bonds is 3. The third-order valence-corrected chi connectivity index (χ3v) is 3.95. The Hall–Kier alpha value is -0.650. The number of halogens is 2. The van der Waals surface area contributed by atoms with Crippen molar-refractivity contribution in [3.05, 3.63) is 22.2 Å². The first-order chi connectivity index (χ1) is 8.29. The third-order valence-electron chi connectivity index (χ3n) is 2.65. The summed E-state index contributed by atoms with van der Waals surface area (Å²) < 4.78 is 33.2. The summed E-state index contributed by atoms with van der Waals surface area (Å²) >= 11 is 6.10. The van der Waals surface area contributed by atoms with Crippen molar-refractivity contribution in [1.29, 1.82) is 0 Å². The normalized spacial score (nSPS) is 14.3. The van der Waals surface area contributed by atoms with Gasteiger partial charge in [0.05, 0.1) is 5.75 Å². The fourth-order valence-corrected chi connectivity index (χ4v) is 3.33. The first-order valence-corrected chi connectivity index (χ1v) is 8.18.